The van der Waals surface area contributed by atoms with E-state index in [1.54, 1.807) is 50.2 Å². The van der Waals surface area contributed by atoms with Gasteiger partial charge in [-0.1, -0.05) is 62.4 Å². The minimum absolute atomic E-state index is 0.0435. The summed E-state index contributed by atoms with van der Waals surface area (Å²) in [6.45, 7) is 3.49. The maximum atomic E-state index is 12.7. The van der Waals surface area contributed by atoms with Gasteiger partial charge in [-0.15, -0.1) is 0 Å². The van der Waals surface area contributed by atoms with E-state index in [9.17, 15) is 24.8 Å². The molecule has 3 N–H and O–H groups in total. The number of amides is 2. The Kier molecular flexibility index (Phi) is 8.58. The second kappa shape index (κ2) is 11.4. The predicted molar refractivity (Wildman–Crippen MR) is 113 cm³/mol. The van der Waals surface area contributed by atoms with E-state index >= 15 is 0 Å². The number of ether oxygens (including phenoxy) is 1. The zero-order valence-electron chi connectivity index (χ0n) is 17.4. The van der Waals surface area contributed by atoms with Crippen molar-refractivity contribution in [3.8, 4) is 6.07 Å². The number of hydrogen-bond donors (Lipinski definition) is 3. The van der Waals surface area contributed by atoms with Crippen LogP contribution >= 0.6 is 0 Å². The van der Waals surface area contributed by atoms with Crippen LogP contribution < -0.4 is 10.6 Å². The molecule has 0 aromatic heterocycles. The highest BCUT2D eigenvalue weighted by Gasteiger charge is 2.29. The molecule has 0 spiro atoms. The van der Waals surface area contributed by atoms with Gasteiger partial charge in [0.15, 0.2) is 0 Å². The summed E-state index contributed by atoms with van der Waals surface area (Å²) in [5, 5.41) is 23.7. The SMILES string of the molecule is CC(C)[C@H](NC(=O)OCc1ccccc1)C(=O)N[C@H](Cc1ccccc1C#N)C(=O)O. The number of carbonyl (C=O) groups is 3. The van der Waals surface area contributed by atoms with Crippen LogP contribution in [0.25, 0.3) is 0 Å². The Labute approximate surface area is 180 Å². The van der Waals surface area contributed by atoms with Crippen molar-refractivity contribution in [1.82, 2.24) is 10.6 Å². The molecular weight excluding hydrogens is 398 g/mol. The van der Waals surface area contributed by atoms with Crippen molar-refractivity contribution >= 4 is 18.0 Å². The molecule has 0 fully saturated rings. The molecule has 0 unspecified atom stereocenters. The summed E-state index contributed by atoms with van der Waals surface area (Å²) in [6.07, 6.45) is -0.840. The highest BCUT2D eigenvalue weighted by atomic mass is 16.5. The molecule has 2 rings (SSSR count). The first-order valence-corrected chi connectivity index (χ1v) is 9.80. The van der Waals surface area contributed by atoms with Crippen LogP contribution in [0.3, 0.4) is 0 Å². The van der Waals surface area contributed by atoms with E-state index in [2.05, 4.69) is 10.6 Å². The van der Waals surface area contributed by atoms with Gasteiger partial charge in [-0.25, -0.2) is 9.59 Å². The summed E-state index contributed by atoms with van der Waals surface area (Å²) in [4.78, 5) is 36.6. The second-order valence-electron chi connectivity index (χ2n) is 7.30. The largest absolute Gasteiger partial charge is 0.480 e. The van der Waals surface area contributed by atoms with Crippen LogP contribution in [0.4, 0.5) is 4.79 Å². The number of hydrogen-bond acceptors (Lipinski definition) is 5. The van der Waals surface area contributed by atoms with Gasteiger partial charge in [-0.3, -0.25) is 4.79 Å². The molecule has 8 nitrogen and oxygen atoms in total. The summed E-state index contributed by atoms with van der Waals surface area (Å²) in [5.41, 5.74) is 1.64. The van der Waals surface area contributed by atoms with E-state index in [1.165, 1.54) is 0 Å². The van der Waals surface area contributed by atoms with Gasteiger partial charge >= 0.3 is 12.1 Å². The van der Waals surface area contributed by atoms with E-state index in [4.69, 9.17) is 4.74 Å². The fourth-order valence-corrected chi connectivity index (χ4v) is 2.92. The summed E-state index contributed by atoms with van der Waals surface area (Å²) >= 11 is 0. The van der Waals surface area contributed by atoms with Gasteiger partial charge in [0.05, 0.1) is 11.6 Å². The number of nitrogens with one attached hydrogen (secondary N) is 2. The maximum absolute atomic E-state index is 12.7. The molecule has 2 aromatic rings. The number of carboxylic acids is 1. The summed E-state index contributed by atoms with van der Waals surface area (Å²) in [7, 11) is 0. The lowest BCUT2D eigenvalue weighted by Gasteiger charge is -2.24. The molecule has 31 heavy (non-hydrogen) atoms. The van der Waals surface area contributed by atoms with Gasteiger partial charge < -0.3 is 20.5 Å². The molecule has 0 aliphatic heterocycles. The quantitative estimate of drug-likeness (QED) is 0.569. The molecule has 2 amide bonds. The third-order valence-corrected chi connectivity index (χ3v) is 4.61. The molecule has 0 saturated heterocycles. The summed E-state index contributed by atoms with van der Waals surface area (Å²) in [5.74, 6) is -2.20. The van der Waals surface area contributed by atoms with Crippen LogP contribution in [0.15, 0.2) is 54.6 Å². The molecule has 0 heterocycles. The van der Waals surface area contributed by atoms with E-state index < -0.39 is 30.1 Å². The first-order chi connectivity index (χ1) is 14.8. The number of carbonyl (C=O) groups excluding carboxylic acids is 2. The van der Waals surface area contributed by atoms with Crippen LogP contribution in [0.2, 0.25) is 0 Å². The topological polar surface area (TPSA) is 129 Å². The lowest BCUT2D eigenvalue weighted by Crippen LogP contribution is -2.54. The van der Waals surface area contributed by atoms with Crippen LogP contribution in [-0.4, -0.2) is 35.2 Å². The monoisotopic (exact) mass is 423 g/mol. The molecule has 0 bridgehead atoms. The van der Waals surface area contributed by atoms with Gasteiger partial charge in [-0.2, -0.15) is 5.26 Å². The number of nitrogens with zero attached hydrogens (tertiary/aromatic N) is 1. The zero-order chi connectivity index (χ0) is 22.8. The van der Waals surface area contributed by atoms with Crippen LogP contribution in [0.5, 0.6) is 0 Å². The van der Waals surface area contributed by atoms with Gasteiger partial charge in [-0.05, 0) is 23.1 Å². The number of rotatable bonds is 9. The molecule has 162 valence electrons. The highest BCUT2D eigenvalue weighted by molar-refractivity contribution is 5.89. The zero-order valence-corrected chi connectivity index (χ0v) is 17.4. The van der Waals surface area contributed by atoms with Crippen molar-refractivity contribution in [3.63, 3.8) is 0 Å². The van der Waals surface area contributed by atoms with Gasteiger partial charge in [0, 0.05) is 6.42 Å². The van der Waals surface area contributed by atoms with E-state index in [0.29, 0.717) is 11.1 Å². The molecule has 2 atom stereocenters. The van der Waals surface area contributed by atoms with Crippen molar-refractivity contribution in [1.29, 1.82) is 5.26 Å². The van der Waals surface area contributed by atoms with Crippen molar-refractivity contribution in [3.05, 3.63) is 71.3 Å². The summed E-state index contributed by atoms with van der Waals surface area (Å²) in [6, 6.07) is 15.4. The van der Waals surface area contributed by atoms with Crippen molar-refractivity contribution in [2.45, 2.75) is 39.0 Å². The smallest absolute Gasteiger partial charge is 0.408 e. The molecule has 8 heteroatoms. The Morgan fingerprint density at radius 1 is 1.03 bits per heavy atom. The fourth-order valence-electron chi connectivity index (χ4n) is 2.92. The van der Waals surface area contributed by atoms with Crippen molar-refractivity contribution < 1.29 is 24.2 Å². The third kappa shape index (κ3) is 7.16. The normalized spacial score (nSPS) is 12.3. The predicted octanol–water partition coefficient (Wildman–Crippen LogP) is 2.62. The minimum atomic E-state index is -1.26. The lowest BCUT2D eigenvalue weighted by molar-refractivity contribution is -0.142. The van der Waals surface area contributed by atoms with Gasteiger partial charge in [0.2, 0.25) is 5.91 Å². The Balaban J connectivity index is 2.02. The Morgan fingerprint density at radius 2 is 1.68 bits per heavy atom. The van der Waals surface area contributed by atoms with Crippen LogP contribution in [-0.2, 0) is 27.4 Å². The Bertz CT molecular complexity index is 953. The Morgan fingerprint density at radius 3 is 2.29 bits per heavy atom. The number of nitriles is 1. The first-order valence-electron chi connectivity index (χ1n) is 9.80. The molecule has 0 radical (unpaired) electrons. The van der Waals surface area contributed by atoms with E-state index in [-0.39, 0.29) is 18.9 Å². The lowest BCUT2D eigenvalue weighted by atomic mass is 9.99. The molecule has 0 saturated carbocycles. The number of benzene rings is 2. The van der Waals surface area contributed by atoms with Crippen molar-refractivity contribution in [2.24, 2.45) is 5.92 Å². The highest BCUT2D eigenvalue weighted by Crippen LogP contribution is 2.11. The Hall–Kier alpha value is -3.86. The molecule has 0 aliphatic rings. The third-order valence-electron chi connectivity index (χ3n) is 4.61. The average Bonchev–Trinajstić information content (AvgIpc) is 2.76. The average molecular weight is 423 g/mol. The number of carboxylic acid groups (broad SMARTS) is 1. The van der Waals surface area contributed by atoms with E-state index in [1.807, 2.05) is 24.3 Å². The fraction of sp³-hybridized carbons (Fsp3) is 0.304. The van der Waals surface area contributed by atoms with Crippen molar-refractivity contribution in [2.75, 3.05) is 0 Å². The number of alkyl carbamates (subject to hydrolysis) is 1. The van der Waals surface area contributed by atoms with Gasteiger partial charge in [0.1, 0.15) is 18.7 Å². The van der Waals surface area contributed by atoms with Crippen LogP contribution in [0.1, 0.15) is 30.5 Å². The molecule has 2 aromatic carbocycles. The van der Waals surface area contributed by atoms with Gasteiger partial charge in [0.25, 0.3) is 0 Å². The molecular formula is C23H25N3O5. The standard InChI is InChI=1S/C23H25N3O5/c1-15(2)20(26-23(30)31-14-16-8-4-3-5-9-16)21(27)25-19(22(28)29)12-17-10-6-7-11-18(17)13-24/h3-11,15,19-20H,12,14H2,1-2H3,(H,25,27)(H,26,30)(H,28,29)/t19-,20+/m1/s1. The maximum Gasteiger partial charge on any atom is 0.408 e. The molecule has 0 aliphatic carbocycles. The second-order valence-corrected chi connectivity index (χ2v) is 7.30. The minimum Gasteiger partial charge on any atom is -0.480 e. The first kappa shape index (κ1) is 23.4. The number of aliphatic carboxylic acids is 1. The van der Waals surface area contributed by atoms with E-state index in [0.717, 1.165) is 5.56 Å². The summed E-state index contributed by atoms with van der Waals surface area (Å²) < 4.78 is 5.15. The van der Waals surface area contributed by atoms with Crippen LogP contribution in [0, 0.1) is 17.2 Å².